The zero-order valence-corrected chi connectivity index (χ0v) is 45.5. The average molecular weight is 1080 g/mol. The Bertz CT molecular complexity index is 757. The van der Waals surface area contributed by atoms with Gasteiger partial charge in [-0.15, -0.1) is 0 Å². The van der Waals surface area contributed by atoms with E-state index in [1.54, 1.807) is 0 Å². The summed E-state index contributed by atoms with van der Waals surface area (Å²) in [5.74, 6) is 0. The summed E-state index contributed by atoms with van der Waals surface area (Å²) in [6, 6.07) is 0. The first kappa shape index (κ1) is 75.2. The summed E-state index contributed by atoms with van der Waals surface area (Å²) in [4.78, 5) is 0. The molecule has 0 unspecified atom stereocenters. The quantitative estimate of drug-likeness (QED) is 0.0446. The van der Waals surface area contributed by atoms with Crippen LogP contribution in [0.4, 0.5) is 0 Å². The fourth-order valence-electron chi connectivity index (χ4n) is 4.61. The number of hydrogen-bond donors (Lipinski definition) is 3. The van der Waals surface area contributed by atoms with Gasteiger partial charge in [0.1, 0.15) is 0 Å². The molecule has 0 aliphatic carbocycles. The predicted molar refractivity (Wildman–Crippen MR) is 266 cm³/mol. The lowest BCUT2D eigenvalue weighted by atomic mass is 10.4. The number of halogens is 1. The van der Waals surface area contributed by atoms with Crippen molar-refractivity contribution in [2.24, 2.45) is 0 Å². The molecule has 21 nitrogen and oxygen atoms in total. The molecule has 0 aromatic heterocycles. The molecule has 1 saturated heterocycles. The van der Waals surface area contributed by atoms with Gasteiger partial charge in [0, 0.05) is 59.5 Å². The molecule has 1 aliphatic rings. The Labute approximate surface area is 425 Å². The lowest BCUT2D eigenvalue weighted by Gasteiger charge is -2.16. The number of aliphatic hydroxyl groups excluding tert-OH is 3. The molecule has 1 heterocycles. The Morgan fingerprint density at radius 1 is 0.333 bits per heavy atom. The van der Waals surface area contributed by atoms with Crippen LogP contribution in [-0.4, -0.2) is 258 Å². The second-order valence-electron chi connectivity index (χ2n) is 13.3. The Morgan fingerprint density at radius 3 is 0.768 bits per heavy atom. The van der Waals surface area contributed by atoms with Crippen LogP contribution in [0.15, 0.2) is 0 Å². The van der Waals surface area contributed by atoms with E-state index in [4.69, 9.17) is 101 Å². The van der Waals surface area contributed by atoms with E-state index in [1.165, 1.54) is 12.8 Å². The van der Waals surface area contributed by atoms with Gasteiger partial charge in [-0.1, -0.05) is 22.9 Å². The van der Waals surface area contributed by atoms with Crippen molar-refractivity contribution in [2.75, 3.05) is 223 Å². The lowest BCUT2D eigenvalue weighted by Crippen LogP contribution is -2.24. The maximum absolute atomic E-state index is 8.49. The third kappa shape index (κ3) is 74.3. The molecule has 0 atom stereocenters. The van der Waals surface area contributed by atoms with Gasteiger partial charge in [0.05, 0.1) is 164 Å². The molecule has 1 fully saturated rings. The number of ether oxygens (including phenoxy) is 18. The Kier molecular flexibility index (Phi) is 80.8. The van der Waals surface area contributed by atoms with Crippen LogP contribution in [-0.2, 0) is 85.3 Å². The molecule has 0 spiro atoms. The van der Waals surface area contributed by atoms with Gasteiger partial charge in [-0.25, -0.2) is 0 Å². The molecule has 0 saturated carbocycles. The molecule has 69 heavy (non-hydrogen) atoms. The Morgan fingerprint density at radius 2 is 0.565 bits per heavy atom. The SMILES string of the molecule is C1CCOC1.CCCOCCOCCOCCOCC(OCC)OCC.CCOC(CBr)OCC.CCOC(COCCOCCOCCOCCO)OCC.OCCOCCOCCOCCO. The highest BCUT2D eigenvalue weighted by molar-refractivity contribution is 9.09. The predicted octanol–water partition coefficient (Wildman–Crippen LogP) is 3.90. The van der Waals surface area contributed by atoms with Crippen molar-refractivity contribution in [1.82, 2.24) is 0 Å². The van der Waals surface area contributed by atoms with E-state index < -0.39 is 0 Å². The third-order valence-corrected chi connectivity index (χ3v) is 8.14. The first-order chi connectivity index (χ1) is 34.0. The smallest absolute Gasteiger partial charge is 0.180 e. The maximum atomic E-state index is 8.49. The van der Waals surface area contributed by atoms with Gasteiger partial charge < -0.3 is 101 Å². The molecule has 1 aliphatic heterocycles. The molecule has 1 rings (SSSR count). The van der Waals surface area contributed by atoms with E-state index in [0.29, 0.717) is 178 Å². The average Bonchev–Trinajstić information content (AvgIpc) is 3.96. The second-order valence-corrected chi connectivity index (χ2v) is 14.0. The minimum atomic E-state index is -0.303. The van der Waals surface area contributed by atoms with Gasteiger partial charge in [0.2, 0.25) is 0 Å². The van der Waals surface area contributed by atoms with Gasteiger partial charge in [0.15, 0.2) is 18.9 Å². The van der Waals surface area contributed by atoms with Gasteiger partial charge in [-0.2, -0.15) is 0 Å². The summed E-state index contributed by atoms with van der Waals surface area (Å²) >= 11 is 3.27. The van der Waals surface area contributed by atoms with Crippen LogP contribution >= 0.6 is 15.9 Å². The van der Waals surface area contributed by atoms with Crippen LogP contribution in [0.5, 0.6) is 0 Å². The zero-order chi connectivity index (χ0) is 51.6. The minimum Gasteiger partial charge on any atom is -0.394 e. The molecule has 0 aromatic rings. The fourth-order valence-corrected chi connectivity index (χ4v) is 4.98. The van der Waals surface area contributed by atoms with E-state index in [9.17, 15) is 0 Å². The molecular weight excluding hydrogens is 980 g/mol. The molecule has 3 N–H and O–H groups in total. The second kappa shape index (κ2) is 74.2. The summed E-state index contributed by atoms with van der Waals surface area (Å²) in [5.41, 5.74) is 0. The van der Waals surface area contributed by atoms with E-state index in [0.717, 1.165) is 31.6 Å². The summed E-state index contributed by atoms with van der Waals surface area (Å²) in [5, 5.41) is 25.9. The molecule has 0 radical (unpaired) electrons. The van der Waals surface area contributed by atoms with E-state index in [2.05, 4.69) is 22.9 Å². The maximum Gasteiger partial charge on any atom is 0.180 e. The van der Waals surface area contributed by atoms with Gasteiger partial charge in [0.25, 0.3) is 0 Å². The van der Waals surface area contributed by atoms with Gasteiger partial charge >= 0.3 is 0 Å². The van der Waals surface area contributed by atoms with E-state index in [-0.39, 0.29) is 38.7 Å². The van der Waals surface area contributed by atoms with Gasteiger partial charge in [-0.05, 0) is 60.8 Å². The van der Waals surface area contributed by atoms with E-state index in [1.807, 2.05) is 41.5 Å². The van der Waals surface area contributed by atoms with Crippen LogP contribution in [0.1, 0.15) is 67.7 Å². The van der Waals surface area contributed by atoms with Crippen LogP contribution in [0.25, 0.3) is 0 Å². The lowest BCUT2D eigenvalue weighted by molar-refractivity contribution is -0.169. The highest BCUT2D eigenvalue weighted by atomic mass is 79.9. The molecule has 0 bridgehead atoms. The Balaban J connectivity index is -0.000000409. The molecule has 0 amide bonds. The van der Waals surface area contributed by atoms with Crippen molar-refractivity contribution in [3.63, 3.8) is 0 Å². The Hall–Kier alpha value is -0.360. The highest BCUT2D eigenvalue weighted by Gasteiger charge is 2.08. The van der Waals surface area contributed by atoms with Crippen molar-refractivity contribution in [3.8, 4) is 0 Å². The first-order valence-corrected chi connectivity index (χ1v) is 26.1. The van der Waals surface area contributed by atoms with Crippen molar-refractivity contribution < 1.29 is 101 Å². The third-order valence-electron chi connectivity index (χ3n) is 7.61. The topological polar surface area (TPSA) is 227 Å². The summed E-state index contributed by atoms with van der Waals surface area (Å²) in [7, 11) is 0. The molecular formula is C47H101BrO21. The van der Waals surface area contributed by atoms with Crippen LogP contribution in [0.3, 0.4) is 0 Å². The highest BCUT2D eigenvalue weighted by Crippen LogP contribution is 2.00. The normalized spacial score (nSPS) is 12.1. The first-order valence-electron chi connectivity index (χ1n) is 25.0. The van der Waals surface area contributed by atoms with Crippen molar-refractivity contribution >= 4 is 15.9 Å². The van der Waals surface area contributed by atoms with Crippen molar-refractivity contribution in [1.29, 1.82) is 0 Å². The summed E-state index contributed by atoms with van der Waals surface area (Å²) < 4.78 is 94.3. The monoisotopic (exact) mass is 1080 g/mol. The number of aliphatic hydroxyl groups is 3. The summed E-state index contributed by atoms with van der Waals surface area (Å²) in [6.07, 6.45) is 2.94. The number of rotatable bonds is 49. The molecule has 422 valence electrons. The summed E-state index contributed by atoms with van der Waals surface area (Å²) in [6.45, 7) is 30.8. The fraction of sp³-hybridized carbons (Fsp3) is 1.00. The standard InChI is InChI=1S/C15H32O6.C14H30O7.C8H18O5.C6H13BrO2.C4H8O/c1-4-7-16-8-9-17-10-11-18-12-13-19-14-15(20-5-2)21-6-3;1-3-20-14(21-4-2)13-19-12-11-18-10-9-17-8-7-16-6-5-15;9-1-3-11-5-7-13-8-6-12-4-2-10;1-3-8-6(5-7)9-4-2;1-2-4-5-3-1/h15H,4-14H2,1-3H3;14-15H,3-13H2,1-2H3;9-10H,1-8H2;6H,3-5H2,1-2H3;1-4H2. The van der Waals surface area contributed by atoms with Crippen molar-refractivity contribution in [3.05, 3.63) is 0 Å². The van der Waals surface area contributed by atoms with Gasteiger partial charge in [-0.3, -0.25) is 0 Å². The molecule has 22 heteroatoms. The minimum absolute atomic E-state index is 0.0383. The van der Waals surface area contributed by atoms with Crippen LogP contribution < -0.4 is 0 Å². The zero-order valence-electron chi connectivity index (χ0n) is 44.0. The molecule has 0 aromatic carbocycles. The number of hydrogen-bond acceptors (Lipinski definition) is 21. The van der Waals surface area contributed by atoms with E-state index >= 15 is 0 Å². The van der Waals surface area contributed by atoms with Crippen molar-refractivity contribution in [2.45, 2.75) is 86.6 Å². The number of alkyl halides is 1. The largest absolute Gasteiger partial charge is 0.394 e. The van der Waals surface area contributed by atoms with Crippen LogP contribution in [0.2, 0.25) is 0 Å². The van der Waals surface area contributed by atoms with Crippen LogP contribution in [0, 0.1) is 0 Å².